The van der Waals surface area contributed by atoms with Crippen LogP contribution in [0.3, 0.4) is 0 Å². The monoisotopic (exact) mass is 289 g/mol. The van der Waals surface area contributed by atoms with Gasteiger partial charge in [-0.25, -0.2) is 4.39 Å². The first kappa shape index (κ1) is 16.4. The maximum absolute atomic E-state index is 12.9. The molecule has 1 atom stereocenters. The molecule has 1 unspecified atom stereocenters. The average molecular weight is 290 g/mol. The SMILES string of the molecule is COCCN(CCOC)CC(Cl)c1ccc(F)cc1. The quantitative estimate of drug-likeness (QED) is 0.653. The van der Waals surface area contributed by atoms with Crippen LogP contribution in [-0.2, 0) is 9.47 Å². The van der Waals surface area contributed by atoms with Gasteiger partial charge in [0.15, 0.2) is 0 Å². The van der Waals surface area contributed by atoms with Gasteiger partial charge in [-0.3, -0.25) is 4.90 Å². The first-order chi connectivity index (χ1) is 9.17. The van der Waals surface area contributed by atoms with Crippen LogP contribution in [0.25, 0.3) is 0 Å². The van der Waals surface area contributed by atoms with Crippen molar-refractivity contribution in [2.24, 2.45) is 0 Å². The molecule has 0 fully saturated rings. The molecule has 0 amide bonds. The van der Waals surface area contributed by atoms with Crippen LogP contribution in [0.4, 0.5) is 4.39 Å². The van der Waals surface area contributed by atoms with Crippen LogP contribution in [-0.4, -0.2) is 52.0 Å². The van der Waals surface area contributed by atoms with E-state index in [9.17, 15) is 4.39 Å². The van der Waals surface area contributed by atoms with E-state index in [1.54, 1.807) is 26.4 Å². The molecule has 5 heteroatoms. The molecular formula is C14H21ClFNO2. The first-order valence-electron chi connectivity index (χ1n) is 6.27. The van der Waals surface area contributed by atoms with Crippen molar-refractivity contribution in [3.63, 3.8) is 0 Å². The van der Waals surface area contributed by atoms with Gasteiger partial charge in [0, 0.05) is 33.9 Å². The van der Waals surface area contributed by atoms with E-state index < -0.39 is 0 Å². The number of methoxy groups -OCH3 is 2. The Morgan fingerprint density at radius 2 is 1.63 bits per heavy atom. The Hall–Kier alpha value is -0.680. The highest BCUT2D eigenvalue weighted by molar-refractivity contribution is 6.21. The van der Waals surface area contributed by atoms with Crippen LogP contribution in [0.15, 0.2) is 24.3 Å². The smallest absolute Gasteiger partial charge is 0.123 e. The van der Waals surface area contributed by atoms with Crippen molar-refractivity contribution in [2.45, 2.75) is 5.38 Å². The van der Waals surface area contributed by atoms with E-state index >= 15 is 0 Å². The van der Waals surface area contributed by atoms with Gasteiger partial charge in [-0.2, -0.15) is 0 Å². The fraction of sp³-hybridized carbons (Fsp3) is 0.571. The Kier molecular flexibility index (Phi) is 7.98. The molecule has 0 saturated heterocycles. The summed E-state index contributed by atoms with van der Waals surface area (Å²) in [6.07, 6.45) is 0. The van der Waals surface area contributed by atoms with Crippen LogP contribution >= 0.6 is 11.6 Å². The number of halogens is 2. The lowest BCUT2D eigenvalue weighted by molar-refractivity contribution is 0.114. The van der Waals surface area contributed by atoms with Crippen molar-refractivity contribution in [2.75, 3.05) is 47.1 Å². The molecule has 0 aromatic heterocycles. The lowest BCUT2D eigenvalue weighted by Crippen LogP contribution is -2.33. The Morgan fingerprint density at radius 3 is 2.11 bits per heavy atom. The van der Waals surface area contributed by atoms with Crippen LogP contribution in [0.2, 0.25) is 0 Å². The Balaban J connectivity index is 2.53. The zero-order valence-corrected chi connectivity index (χ0v) is 12.2. The molecular weight excluding hydrogens is 269 g/mol. The highest BCUT2D eigenvalue weighted by Crippen LogP contribution is 2.21. The number of hydrogen-bond acceptors (Lipinski definition) is 3. The number of alkyl halides is 1. The molecule has 0 bridgehead atoms. The summed E-state index contributed by atoms with van der Waals surface area (Å²) in [5.74, 6) is -0.247. The normalized spacial score (nSPS) is 12.9. The average Bonchev–Trinajstić information content (AvgIpc) is 2.42. The van der Waals surface area contributed by atoms with Crippen molar-refractivity contribution >= 4 is 11.6 Å². The summed E-state index contributed by atoms with van der Waals surface area (Å²) in [6.45, 7) is 3.57. The maximum Gasteiger partial charge on any atom is 0.123 e. The van der Waals surface area contributed by atoms with Crippen LogP contribution in [0, 0.1) is 5.82 Å². The van der Waals surface area contributed by atoms with Crippen LogP contribution in [0.5, 0.6) is 0 Å². The molecule has 0 aliphatic rings. The number of ether oxygens (including phenoxy) is 2. The molecule has 0 saturated carbocycles. The van der Waals surface area contributed by atoms with E-state index in [0.29, 0.717) is 19.8 Å². The van der Waals surface area contributed by atoms with Gasteiger partial charge in [-0.05, 0) is 17.7 Å². The highest BCUT2D eigenvalue weighted by atomic mass is 35.5. The summed E-state index contributed by atoms with van der Waals surface area (Å²) in [5.41, 5.74) is 0.919. The van der Waals surface area contributed by atoms with Crippen molar-refractivity contribution in [1.29, 1.82) is 0 Å². The predicted octanol–water partition coefficient (Wildman–Crippen LogP) is 2.70. The molecule has 108 valence electrons. The molecule has 0 aliphatic heterocycles. The van der Waals surface area contributed by atoms with Gasteiger partial charge in [0.25, 0.3) is 0 Å². The van der Waals surface area contributed by atoms with Gasteiger partial charge < -0.3 is 9.47 Å². The molecule has 19 heavy (non-hydrogen) atoms. The molecule has 0 spiro atoms. The van der Waals surface area contributed by atoms with Gasteiger partial charge in [0.1, 0.15) is 5.82 Å². The topological polar surface area (TPSA) is 21.7 Å². The maximum atomic E-state index is 12.9. The highest BCUT2D eigenvalue weighted by Gasteiger charge is 2.13. The molecule has 1 aromatic rings. The molecule has 1 rings (SSSR count). The van der Waals surface area contributed by atoms with E-state index in [4.69, 9.17) is 21.1 Å². The number of hydrogen-bond donors (Lipinski definition) is 0. The third-order valence-electron chi connectivity index (χ3n) is 2.87. The minimum Gasteiger partial charge on any atom is -0.383 e. The van der Waals surface area contributed by atoms with Gasteiger partial charge in [0.2, 0.25) is 0 Å². The minimum atomic E-state index is -0.247. The third kappa shape index (κ3) is 6.34. The molecule has 0 aliphatic carbocycles. The molecule has 0 heterocycles. The standard InChI is InChI=1S/C14H21ClFNO2/c1-18-9-7-17(8-10-19-2)11-14(15)12-3-5-13(16)6-4-12/h3-6,14H,7-11H2,1-2H3. The summed E-state index contributed by atoms with van der Waals surface area (Å²) in [6, 6.07) is 6.30. The van der Waals surface area contributed by atoms with Crippen molar-refractivity contribution in [1.82, 2.24) is 4.90 Å². The van der Waals surface area contributed by atoms with E-state index in [1.165, 1.54) is 12.1 Å². The second kappa shape index (κ2) is 9.26. The Bertz CT molecular complexity index is 340. The lowest BCUT2D eigenvalue weighted by Gasteiger charge is -2.24. The largest absolute Gasteiger partial charge is 0.383 e. The van der Waals surface area contributed by atoms with Gasteiger partial charge in [-0.15, -0.1) is 11.6 Å². The van der Waals surface area contributed by atoms with Crippen molar-refractivity contribution in [3.8, 4) is 0 Å². The molecule has 1 aromatic carbocycles. The fourth-order valence-corrected chi connectivity index (χ4v) is 2.08. The number of benzene rings is 1. The third-order valence-corrected chi connectivity index (χ3v) is 3.26. The molecule has 3 nitrogen and oxygen atoms in total. The minimum absolute atomic E-state index is 0.172. The van der Waals surface area contributed by atoms with E-state index in [1.807, 2.05) is 0 Å². The van der Waals surface area contributed by atoms with E-state index in [-0.39, 0.29) is 11.2 Å². The van der Waals surface area contributed by atoms with Crippen molar-refractivity contribution < 1.29 is 13.9 Å². The van der Waals surface area contributed by atoms with Crippen LogP contribution < -0.4 is 0 Å². The molecule has 0 radical (unpaired) electrons. The zero-order valence-electron chi connectivity index (χ0n) is 11.4. The van der Waals surface area contributed by atoms with Crippen molar-refractivity contribution in [3.05, 3.63) is 35.6 Å². The van der Waals surface area contributed by atoms with Gasteiger partial charge >= 0.3 is 0 Å². The first-order valence-corrected chi connectivity index (χ1v) is 6.70. The van der Waals surface area contributed by atoms with Gasteiger partial charge in [0.05, 0.1) is 18.6 Å². The second-order valence-electron chi connectivity index (χ2n) is 4.31. The fourth-order valence-electron chi connectivity index (χ4n) is 1.74. The van der Waals surface area contributed by atoms with Gasteiger partial charge in [-0.1, -0.05) is 12.1 Å². The molecule has 0 N–H and O–H groups in total. The Labute approximate surface area is 119 Å². The van der Waals surface area contributed by atoms with Crippen LogP contribution in [0.1, 0.15) is 10.9 Å². The lowest BCUT2D eigenvalue weighted by atomic mass is 10.1. The zero-order chi connectivity index (χ0) is 14.1. The summed E-state index contributed by atoms with van der Waals surface area (Å²) < 4.78 is 23.0. The van der Waals surface area contributed by atoms with E-state index in [2.05, 4.69) is 4.90 Å². The number of rotatable bonds is 9. The summed E-state index contributed by atoms with van der Waals surface area (Å²) >= 11 is 6.37. The predicted molar refractivity (Wildman–Crippen MR) is 75.2 cm³/mol. The summed E-state index contributed by atoms with van der Waals surface area (Å²) in [7, 11) is 3.35. The number of nitrogens with zero attached hydrogens (tertiary/aromatic N) is 1. The Morgan fingerprint density at radius 1 is 1.11 bits per heavy atom. The van der Waals surface area contributed by atoms with E-state index in [0.717, 1.165) is 18.7 Å². The summed E-state index contributed by atoms with van der Waals surface area (Å²) in [5, 5.41) is -0.172. The summed E-state index contributed by atoms with van der Waals surface area (Å²) in [4.78, 5) is 2.17. The second-order valence-corrected chi connectivity index (χ2v) is 4.83.